The summed E-state index contributed by atoms with van der Waals surface area (Å²) in [5, 5.41) is 13.7. The number of halogens is 1. The van der Waals surface area contributed by atoms with Gasteiger partial charge in [-0.3, -0.25) is 9.59 Å². The number of carbonyl (C=O) groups is 2. The van der Waals surface area contributed by atoms with Gasteiger partial charge in [-0.1, -0.05) is 35.9 Å². The Morgan fingerprint density at radius 3 is 2.61 bits per heavy atom. The number of rotatable bonds is 4. The Morgan fingerprint density at radius 1 is 1.26 bits per heavy atom. The van der Waals surface area contributed by atoms with E-state index in [0.717, 1.165) is 4.90 Å². The van der Waals surface area contributed by atoms with Crippen LogP contribution in [0.1, 0.15) is 22.3 Å². The highest BCUT2D eigenvalue weighted by Gasteiger charge is 2.47. The van der Waals surface area contributed by atoms with Gasteiger partial charge >= 0.3 is 0 Å². The van der Waals surface area contributed by atoms with E-state index in [1.54, 1.807) is 42.1 Å². The Morgan fingerprint density at radius 2 is 1.96 bits per heavy atom. The molecule has 0 spiro atoms. The molecule has 1 unspecified atom stereocenters. The van der Waals surface area contributed by atoms with Gasteiger partial charge in [0.25, 0.3) is 5.91 Å². The fourth-order valence-electron chi connectivity index (χ4n) is 2.62. The Kier molecular flexibility index (Phi) is 4.19. The summed E-state index contributed by atoms with van der Waals surface area (Å²) in [5.74, 6) is -0.933. The van der Waals surface area contributed by atoms with Gasteiger partial charge in [0.05, 0.1) is 17.1 Å². The number of thioether (sulfide) groups is 1. The number of amides is 1. The maximum absolute atomic E-state index is 12.5. The van der Waals surface area contributed by atoms with Crippen molar-refractivity contribution in [3.63, 3.8) is 0 Å². The molecule has 0 saturated heterocycles. The van der Waals surface area contributed by atoms with Crippen molar-refractivity contribution in [3.05, 3.63) is 58.6 Å². The lowest BCUT2D eigenvalue weighted by atomic mass is 9.88. The van der Waals surface area contributed by atoms with E-state index in [1.807, 2.05) is 18.4 Å². The molecule has 118 valence electrons. The molecule has 1 amide bonds. The van der Waals surface area contributed by atoms with E-state index in [1.165, 1.54) is 0 Å². The maximum Gasteiger partial charge on any atom is 0.261 e. The highest BCUT2D eigenvalue weighted by Crippen LogP contribution is 2.42. The van der Waals surface area contributed by atoms with Gasteiger partial charge in [0, 0.05) is 16.0 Å². The first-order chi connectivity index (χ1) is 11.0. The smallest absolute Gasteiger partial charge is 0.261 e. The standard InChI is InChI=1S/C17H14ClNO3S/c1-23-11-7-5-10(6-8-11)14(20)9-17(22)12-3-2-4-13(18)15(12)19-16(17)21/h2-8,22H,9H2,1H3,(H,19,21). The van der Waals surface area contributed by atoms with Crippen LogP contribution in [0.4, 0.5) is 5.69 Å². The zero-order valence-corrected chi connectivity index (χ0v) is 13.9. The summed E-state index contributed by atoms with van der Waals surface area (Å²) in [6, 6.07) is 11.9. The quantitative estimate of drug-likeness (QED) is 0.656. The summed E-state index contributed by atoms with van der Waals surface area (Å²) < 4.78 is 0. The number of anilines is 1. The SMILES string of the molecule is CSc1ccc(C(=O)CC2(O)C(=O)Nc3c(Cl)cccc32)cc1. The fourth-order valence-corrected chi connectivity index (χ4v) is 3.25. The van der Waals surface area contributed by atoms with Gasteiger partial charge in [0.1, 0.15) is 0 Å². The second-order valence-corrected chi connectivity index (χ2v) is 6.59. The lowest BCUT2D eigenvalue weighted by Crippen LogP contribution is -2.36. The third-order valence-electron chi connectivity index (χ3n) is 3.90. The van der Waals surface area contributed by atoms with E-state index in [2.05, 4.69) is 5.32 Å². The van der Waals surface area contributed by atoms with Crippen LogP contribution >= 0.6 is 23.4 Å². The molecule has 23 heavy (non-hydrogen) atoms. The largest absolute Gasteiger partial charge is 0.375 e. The number of para-hydroxylation sites is 1. The number of benzene rings is 2. The van der Waals surface area contributed by atoms with Crippen LogP contribution in [0.25, 0.3) is 0 Å². The van der Waals surface area contributed by atoms with E-state index >= 15 is 0 Å². The van der Waals surface area contributed by atoms with Crippen LogP contribution in [0.2, 0.25) is 5.02 Å². The molecule has 2 aromatic rings. The van der Waals surface area contributed by atoms with Crippen LogP contribution in [0.5, 0.6) is 0 Å². The van der Waals surface area contributed by atoms with Crippen molar-refractivity contribution in [1.29, 1.82) is 0 Å². The van der Waals surface area contributed by atoms with Crippen LogP contribution in [-0.4, -0.2) is 23.1 Å². The molecule has 0 radical (unpaired) electrons. The summed E-state index contributed by atoms with van der Waals surface area (Å²) >= 11 is 7.61. The molecule has 0 bridgehead atoms. The Hall–Kier alpha value is -1.82. The second kappa shape index (κ2) is 6.00. The molecule has 4 nitrogen and oxygen atoms in total. The first kappa shape index (κ1) is 16.1. The first-order valence-electron chi connectivity index (χ1n) is 6.96. The highest BCUT2D eigenvalue weighted by molar-refractivity contribution is 7.98. The van der Waals surface area contributed by atoms with Crippen LogP contribution in [0.15, 0.2) is 47.4 Å². The highest BCUT2D eigenvalue weighted by atomic mass is 35.5. The third kappa shape index (κ3) is 2.76. The number of Topliss-reactive ketones (excluding diaryl/α,β-unsaturated/α-hetero) is 1. The van der Waals surface area contributed by atoms with E-state index in [9.17, 15) is 14.7 Å². The predicted molar refractivity (Wildman–Crippen MR) is 91.1 cm³/mol. The van der Waals surface area contributed by atoms with Gasteiger partial charge in [-0.15, -0.1) is 11.8 Å². The number of fused-ring (bicyclic) bond motifs is 1. The van der Waals surface area contributed by atoms with Gasteiger partial charge < -0.3 is 10.4 Å². The number of hydrogen-bond acceptors (Lipinski definition) is 4. The van der Waals surface area contributed by atoms with Gasteiger partial charge in [0.2, 0.25) is 0 Å². The van der Waals surface area contributed by atoms with Crippen LogP contribution < -0.4 is 5.32 Å². The molecule has 1 aliphatic heterocycles. The van der Waals surface area contributed by atoms with E-state index in [0.29, 0.717) is 21.8 Å². The zero-order valence-electron chi connectivity index (χ0n) is 12.3. The van der Waals surface area contributed by atoms with Crippen molar-refractivity contribution in [1.82, 2.24) is 0 Å². The van der Waals surface area contributed by atoms with Gasteiger partial charge in [-0.2, -0.15) is 0 Å². The van der Waals surface area contributed by atoms with Crippen molar-refractivity contribution in [2.24, 2.45) is 0 Å². The molecule has 0 saturated carbocycles. The molecule has 1 aliphatic rings. The monoisotopic (exact) mass is 347 g/mol. The number of hydrogen-bond donors (Lipinski definition) is 2. The summed E-state index contributed by atoms with van der Waals surface area (Å²) in [7, 11) is 0. The molecule has 1 heterocycles. The Balaban J connectivity index is 1.91. The topological polar surface area (TPSA) is 66.4 Å². The van der Waals surface area contributed by atoms with Crippen LogP contribution in [0, 0.1) is 0 Å². The van der Waals surface area contributed by atoms with Gasteiger partial charge in [0.15, 0.2) is 11.4 Å². The number of carbonyl (C=O) groups excluding carboxylic acids is 2. The van der Waals surface area contributed by atoms with Crippen molar-refractivity contribution < 1.29 is 14.7 Å². The summed E-state index contributed by atoms with van der Waals surface area (Å²) in [6.45, 7) is 0. The Labute approximate surface area is 142 Å². The minimum absolute atomic E-state index is 0.303. The van der Waals surface area contributed by atoms with Crippen LogP contribution in [0.3, 0.4) is 0 Å². The molecule has 0 fully saturated rings. The van der Waals surface area contributed by atoms with Crippen molar-refractivity contribution in [3.8, 4) is 0 Å². The van der Waals surface area contributed by atoms with E-state index in [4.69, 9.17) is 11.6 Å². The maximum atomic E-state index is 12.5. The predicted octanol–water partition coefficient (Wildman–Crippen LogP) is 3.47. The lowest BCUT2D eigenvalue weighted by Gasteiger charge is -2.20. The molecule has 2 N–H and O–H groups in total. The summed E-state index contributed by atoms with van der Waals surface area (Å²) in [6.07, 6.45) is 1.62. The third-order valence-corrected chi connectivity index (χ3v) is 4.96. The van der Waals surface area contributed by atoms with Gasteiger partial charge in [-0.05, 0) is 24.5 Å². The van der Waals surface area contributed by atoms with Gasteiger partial charge in [-0.25, -0.2) is 0 Å². The molecule has 0 aliphatic carbocycles. The number of aliphatic hydroxyl groups is 1. The first-order valence-corrected chi connectivity index (χ1v) is 8.56. The minimum atomic E-state index is -1.89. The molecular formula is C17H14ClNO3S. The van der Waals surface area contributed by atoms with Crippen molar-refractivity contribution in [2.45, 2.75) is 16.9 Å². The zero-order chi connectivity index (χ0) is 16.6. The molecule has 6 heteroatoms. The fraction of sp³-hybridized carbons (Fsp3) is 0.176. The Bertz CT molecular complexity index is 791. The molecule has 1 atom stereocenters. The van der Waals surface area contributed by atoms with E-state index < -0.39 is 11.5 Å². The molecule has 2 aromatic carbocycles. The number of ketones is 1. The molecule has 3 rings (SSSR count). The number of nitrogens with one attached hydrogen (secondary N) is 1. The average molecular weight is 348 g/mol. The normalized spacial score (nSPS) is 19.3. The minimum Gasteiger partial charge on any atom is -0.375 e. The summed E-state index contributed by atoms with van der Waals surface area (Å²) in [5.41, 5.74) is -0.731. The average Bonchev–Trinajstić information content (AvgIpc) is 2.80. The summed E-state index contributed by atoms with van der Waals surface area (Å²) in [4.78, 5) is 25.7. The second-order valence-electron chi connectivity index (χ2n) is 5.31. The molecular weight excluding hydrogens is 334 g/mol. The van der Waals surface area contributed by atoms with Crippen LogP contribution in [-0.2, 0) is 10.4 Å². The van der Waals surface area contributed by atoms with Crippen molar-refractivity contribution >= 4 is 40.7 Å². The molecule has 0 aromatic heterocycles. The van der Waals surface area contributed by atoms with Crippen molar-refractivity contribution in [2.75, 3.05) is 11.6 Å². The van der Waals surface area contributed by atoms with E-state index in [-0.39, 0.29) is 12.2 Å². The lowest BCUT2D eigenvalue weighted by molar-refractivity contribution is -0.133.